The molecule has 0 spiro atoms. The second-order valence-electron chi connectivity index (χ2n) is 3.70. The van der Waals surface area contributed by atoms with Crippen molar-refractivity contribution in [2.75, 3.05) is 0 Å². The molecule has 9 heteroatoms. The Hall–Kier alpha value is -2.45. The predicted molar refractivity (Wildman–Crippen MR) is 57.6 cm³/mol. The van der Waals surface area contributed by atoms with Crippen LogP contribution in [0, 0.1) is 5.82 Å². The number of carbonyl (C=O) groups is 1. The molecule has 1 N–H and O–H groups in total. The predicted octanol–water partition coefficient (Wildman–Crippen LogP) is 2.05. The summed E-state index contributed by atoms with van der Waals surface area (Å²) in [6, 6.07) is 5.09. The second kappa shape index (κ2) is 5.27. The van der Waals surface area contributed by atoms with Gasteiger partial charge >= 0.3 is 12.1 Å². The maximum atomic E-state index is 12.7. The van der Waals surface area contributed by atoms with Crippen molar-refractivity contribution < 1.29 is 26.9 Å². The Morgan fingerprint density at radius 1 is 1.25 bits per heavy atom. The van der Waals surface area contributed by atoms with Crippen LogP contribution in [0.3, 0.4) is 0 Å². The van der Waals surface area contributed by atoms with Crippen LogP contribution in [0.2, 0.25) is 0 Å². The molecule has 1 aromatic heterocycles. The van der Waals surface area contributed by atoms with Gasteiger partial charge in [-0.2, -0.15) is 18.2 Å². The van der Waals surface area contributed by atoms with Gasteiger partial charge in [0.25, 0.3) is 5.89 Å². The van der Waals surface area contributed by atoms with E-state index in [2.05, 4.69) is 10.1 Å². The van der Waals surface area contributed by atoms with E-state index in [0.29, 0.717) is 5.56 Å². The highest BCUT2D eigenvalue weighted by Gasteiger charge is 2.38. The molecule has 1 amide bonds. The van der Waals surface area contributed by atoms with E-state index >= 15 is 0 Å². The molecule has 20 heavy (non-hydrogen) atoms. The van der Waals surface area contributed by atoms with Crippen molar-refractivity contribution in [3.63, 3.8) is 0 Å². The smallest absolute Gasteiger partial charge is 0.341 e. The summed E-state index contributed by atoms with van der Waals surface area (Å²) in [5.74, 6) is -2.65. The molecule has 0 unspecified atom stereocenters. The summed E-state index contributed by atoms with van der Waals surface area (Å²) in [6.07, 6.45) is -4.97. The van der Waals surface area contributed by atoms with Gasteiger partial charge in [-0.15, -0.1) is 0 Å². The fourth-order valence-corrected chi connectivity index (χ4v) is 1.30. The zero-order chi connectivity index (χ0) is 14.8. The minimum Gasteiger partial charge on any atom is -0.341 e. The molecule has 1 aromatic carbocycles. The molecule has 0 aliphatic carbocycles. The van der Waals surface area contributed by atoms with E-state index in [-0.39, 0.29) is 11.7 Å². The Morgan fingerprint density at radius 3 is 2.50 bits per heavy atom. The molecule has 2 aromatic rings. The van der Waals surface area contributed by atoms with E-state index in [4.69, 9.17) is 4.52 Å². The van der Waals surface area contributed by atoms with Crippen molar-refractivity contribution in [3.8, 4) is 11.5 Å². The quantitative estimate of drug-likeness (QED) is 0.878. The summed E-state index contributed by atoms with van der Waals surface area (Å²) in [4.78, 5) is 14.4. The lowest BCUT2D eigenvalue weighted by molar-refractivity contribution is -0.173. The number of amides is 1. The summed E-state index contributed by atoms with van der Waals surface area (Å²) in [5.41, 5.74) is 0.410. The Bertz CT molecular complexity index is 607. The summed E-state index contributed by atoms with van der Waals surface area (Å²) in [7, 11) is 0. The molecule has 0 saturated heterocycles. The van der Waals surface area contributed by atoms with Gasteiger partial charge in [-0.1, -0.05) is 5.16 Å². The number of nitrogens with one attached hydrogen (secondary N) is 1. The van der Waals surface area contributed by atoms with Gasteiger partial charge in [0.1, 0.15) is 5.82 Å². The molecule has 2 rings (SSSR count). The SMILES string of the molecule is O=C(NCc1noc(-c2ccc(F)cc2)n1)C(F)(F)F. The molecule has 0 fully saturated rings. The Morgan fingerprint density at radius 2 is 1.90 bits per heavy atom. The minimum atomic E-state index is -4.97. The lowest BCUT2D eigenvalue weighted by Gasteiger charge is -2.04. The number of halogens is 4. The Balaban J connectivity index is 2.03. The molecule has 0 aliphatic rings. The van der Waals surface area contributed by atoms with Crippen LogP contribution in [-0.4, -0.2) is 22.2 Å². The van der Waals surface area contributed by atoms with E-state index in [1.165, 1.54) is 24.3 Å². The number of alkyl halides is 3. The van der Waals surface area contributed by atoms with Crippen molar-refractivity contribution in [1.82, 2.24) is 15.5 Å². The molecule has 5 nitrogen and oxygen atoms in total. The van der Waals surface area contributed by atoms with Gasteiger partial charge in [-0.3, -0.25) is 4.79 Å². The van der Waals surface area contributed by atoms with Crippen LogP contribution in [0.15, 0.2) is 28.8 Å². The van der Waals surface area contributed by atoms with Gasteiger partial charge in [0.15, 0.2) is 5.82 Å². The summed E-state index contributed by atoms with van der Waals surface area (Å²) in [6.45, 7) is -0.525. The second-order valence-corrected chi connectivity index (χ2v) is 3.70. The fraction of sp³-hybridized carbons (Fsp3) is 0.182. The lowest BCUT2D eigenvalue weighted by atomic mass is 10.2. The van der Waals surface area contributed by atoms with E-state index in [1.807, 2.05) is 0 Å². The number of hydrogen-bond donors (Lipinski definition) is 1. The molecule has 106 valence electrons. The third-order valence-corrected chi connectivity index (χ3v) is 2.22. The number of aromatic nitrogens is 2. The highest BCUT2D eigenvalue weighted by Crippen LogP contribution is 2.18. The van der Waals surface area contributed by atoms with Crippen LogP contribution in [0.1, 0.15) is 5.82 Å². The van der Waals surface area contributed by atoms with Crippen LogP contribution < -0.4 is 5.32 Å². The van der Waals surface area contributed by atoms with Crippen molar-refractivity contribution in [3.05, 3.63) is 35.9 Å². The average Bonchev–Trinajstić information content (AvgIpc) is 2.84. The highest BCUT2D eigenvalue weighted by atomic mass is 19.4. The maximum absolute atomic E-state index is 12.7. The molecule has 1 heterocycles. The summed E-state index contributed by atoms with van der Waals surface area (Å²) < 4.78 is 53.3. The van der Waals surface area contributed by atoms with Crippen LogP contribution in [0.25, 0.3) is 11.5 Å². The number of rotatable bonds is 3. The topological polar surface area (TPSA) is 68.0 Å². The average molecular weight is 289 g/mol. The van der Waals surface area contributed by atoms with Gasteiger partial charge in [0.2, 0.25) is 0 Å². The van der Waals surface area contributed by atoms with Crippen LogP contribution >= 0.6 is 0 Å². The Kier molecular flexibility index (Phi) is 3.68. The van der Waals surface area contributed by atoms with Crippen LogP contribution in [-0.2, 0) is 11.3 Å². The van der Waals surface area contributed by atoms with Crippen LogP contribution in [0.4, 0.5) is 17.6 Å². The minimum absolute atomic E-state index is 0.0151. The van der Waals surface area contributed by atoms with Crippen molar-refractivity contribution in [2.45, 2.75) is 12.7 Å². The van der Waals surface area contributed by atoms with E-state index < -0.39 is 24.4 Å². The van der Waals surface area contributed by atoms with Crippen LogP contribution in [0.5, 0.6) is 0 Å². The molecular formula is C11H7F4N3O2. The molecule has 0 bridgehead atoms. The molecule has 0 saturated carbocycles. The first-order valence-corrected chi connectivity index (χ1v) is 5.30. The third kappa shape index (κ3) is 3.31. The molecular weight excluding hydrogens is 282 g/mol. The van der Waals surface area contributed by atoms with E-state index in [0.717, 1.165) is 0 Å². The first-order valence-electron chi connectivity index (χ1n) is 5.30. The van der Waals surface area contributed by atoms with Gasteiger partial charge in [0, 0.05) is 5.56 Å². The Labute approximate surface area is 109 Å². The zero-order valence-electron chi connectivity index (χ0n) is 9.74. The van der Waals surface area contributed by atoms with Gasteiger partial charge in [-0.25, -0.2) is 4.39 Å². The van der Waals surface area contributed by atoms with Crippen molar-refractivity contribution >= 4 is 5.91 Å². The molecule has 0 radical (unpaired) electrons. The lowest BCUT2D eigenvalue weighted by Crippen LogP contribution is -2.36. The standard InChI is InChI=1S/C11H7F4N3O2/c12-7-3-1-6(2-4-7)9-17-8(18-20-9)5-16-10(19)11(13,14)15/h1-4H,5H2,(H,16,19). The first kappa shape index (κ1) is 14.0. The zero-order valence-corrected chi connectivity index (χ0v) is 9.74. The van der Waals surface area contributed by atoms with E-state index in [1.54, 1.807) is 5.32 Å². The number of benzene rings is 1. The fourth-order valence-electron chi connectivity index (χ4n) is 1.30. The maximum Gasteiger partial charge on any atom is 0.471 e. The third-order valence-electron chi connectivity index (χ3n) is 2.22. The summed E-state index contributed by atoms with van der Waals surface area (Å²) >= 11 is 0. The number of carbonyl (C=O) groups excluding carboxylic acids is 1. The summed E-state index contributed by atoms with van der Waals surface area (Å²) in [5, 5.41) is 5.01. The van der Waals surface area contributed by atoms with E-state index in [9.17, 15) is 22.4 Å². The normalized spacial score (nSPS) is 11.4. The number of nitrogens with zero attached hydrogens (tertiary/aromatic N) is 2. The van der Waals surface area contributed by atoms with Crippen molar-refractivity contribution in [2.24, 2.45) is 0 Å². The molecule has 0 atom stereocenters. The monoisotopic (exact) mass is 289 g/mol. The highest BCUT2D eigenvalue weighted by molar-refractivity contribution is 5.81. The van der Waals surface area contributed by atoms with Gasteiger partial charge < -0.3 is 9.84 Å². The number of hydrogen-bond acceptors (Lipinski definition) is 4. The first-order chi connectivity index (χ1) is 9.36. The van der Waals surface area contributed by atoms with Gasteiger partial charge in [-0.05, 0) is 24.3 Å². The molecule has 0 aliphatic heterocycles. The van der Waals surface area contributed by atoms with Gasteiger partial charge in [0.05, 0.1) is 6.54 Å². The largest absolute Gasteiger partial charge is 0.471 e. The van der Waals surface area contributed by atoms with Crippen molar-refractivity contribution in [1.29, 1.82) is 0 Å².